The third-order valence-corrected chi connectivity index (χ3v) is 14.7. The van der Waals surface area contributed by atoms with E-state index in [2.05, 4.69) is 63.5 Å². The van der Waals surface area contributed by atoms with E-state index in [9.17, 15) is 0 Å². The normalized spacial score (nSPS) is 10.9. The number of ether oxygens (including phenoxy) is 2. The molecule has 191 valence electrons. The van der Waals surface area contributed by atoms with Crippen molar-refractivity contribution in [3.05, 3.63) is 65.7 Å². The maximum atomic E-state index is 5.32. The summed E-state index contributed by atoms with van der Waals surface area (Å²) >= 11 is 3.49. The van der Waals surface area contributed by atoms with E-state index in [1.54, 1.807) is 78.1 Å². The predicted molar refractivity (Wildman–Crippen MR) is 170 cm³/mol. The van der Waals surface area contributed by atoms with Crippen molar-refractivity contribution in [2.45, 2.75) is 35.4 Å². The number of fused-ring (bicyclic) bond motifs is 2. The molecular weight excluding hydrogens is 593 g/mol. The van der Waals surface area contributed by atoms with E-state index < -0.39 is 0 Å². The van der Waals surface area contributed by atoms with Gasteiger partial charge in [-0.15, -0.1) is 22.7 Å². The minimum Gasteiger partial charge on any atom is -0.493 e. The molecule has 0 saturated heterocycles. The largest absolute Gasteiger partial charge is 0.493 e. The van der Waals surface area contributed by atoms with Gasteiger partial charge < -0.3 is 9.47 Å². The summed E-state index contributed by atoms with van der Waals surface area (Å²) in [7, 11) is 13.9. The highest BCUT2D eigenvalue weighted by Gasteiger charge is 2.13. The van der Waals surface area contributed by atoms with E-state index in [4.69, 9.17) is 9.47 Å². The summed E-state index contributed by atoms with van der Waals surface area (Å²) in [4.78, 5) is 9.23. The number of aryl methyl sites for hydroxylation is 1. The molecule has 37 heavy (non-hydrogen) atoms. The van der Waals surface area contributed by atoms with E-state index >= 15 is 0 Å². The molecule has 3 radical (unpaired) electrons. The summed E-state index contributed by atoms with van der Waals surface area (Å²) in [5.74, 6) is 1.61. The molecule has 0 aliphatic heterocycles. The Kier molecular flexibility index (Phi) is 11.0. The van der Waals surface area contributed by atoms with Crippen LogP contribution in [0.15, 0.2) is 63.3 Å². The van der Waals surface area contributed by atoms with Crippen molar-refractivity contribution in [1.82, 2.24) is 9.97 Å². The van der Waals surface area contributed by atoms with Crippen LogP contribution in [0.3, 0.4) is 0 Å². The summed E-state index contributed by atoms with van der Waals surface area (Å²) in [6.45, 7) is 4.19. The minimum absolute atomic E-state index is 0.806. The lowest BCUT2D eigenvalue weighted by Crippen LogP contribution is -2.16. The number of nitrogens with zero attached hydrogens (tertiary/aromatic N) is 2. The van der Waals surface area contributed by atoms with Crippen LogP contribution in [-0.2, 0) is 6.42 Å². The molecule has 0 saturated carbocycles. The van der Waals surface area contributed by atoms with Crippen LogP contribution in [0.25, 0.3) is 20.4 Å². The van der Waals surface area contributed by atoms with Gasteiger partial charge in [0, 0.05) is 0 Å². The second-order valence-corrected chi connectivity index (χ2v) is 16.4. The molecular formula is C26H25N2O2S6Si. The summed E-state index contributed by atoms with van der Waals surface area (Å²) in [5, 5.41) is 1.12. The third-order valence-electron chi connectivity index (χ3n) is 5.30. The van der Waals surface area contributed by atoms with Crippen molar-refractivity contribution in [3.63, 3.8) is 0 Å². The molecule has 4 nitrogen and oxygen atoms in total. The number of para-hydroxylation sites is 2. The number of aromatic nitrogens is 2. The predicted octanol–water partition coefficient (Wildman–Crippen LogP) is 8.76. The fraction of sp³-hybridized carbons (Fsp3) is 0.231. The Morgan fingerprint density at radius 2 is 1.38 bits per heavy atom. The van der Waals surface area contributed by atoms with Crippen LogP contribution in [0.4, 0.5) is 0 Å². The molecule has 0 N–H and O–H groups in total. The van der Waals surface area contributed by atoms with Crippen molar-refractivity contribution >= 4 is 99.8 Å². The van der Waals surface area contributed by atoms with E-state index in [1.807, 2.05) is 25.1 Å². The van der Waals surface area contributed by atoms with Crippen LogP contribution in [0.1, 0.15) is 24.5 Å². The zero-order valence-electron chi connectivity index (χ0n) is 20.8. The highest BCUT2D eigenvalue weighted by molar-refractivity contribution is 9.26. The molecule has 0 amide bonds. The van der Waals surface area contributed by atoms with Gasteiger partial charge >= 0.3 is 0 Å². The number of methoxy groups -OCH3 is 2. The first-order valence-electron chi connectivity index (χ1n) is 11.4. The second-order valence-electron chi connectivity index (χ2n) is 7.72. The molecule has 5 rings (SSSR count). The highest BCUT2D eigenvalue weighted by Crippen LogP contribution is 2.51. The van der Waals surface area contributed by atoms with Gasteiger partial charge in [-0.25, -0.2) is 9.97 Å². The van der Waals surface area contributed by atoms with Gasteiger partial charge in [-0.05, 0) is 96.0 Å². The van der Waals surface area contributed by atoms with Gasteiger partial charge in [-0.2, -0.15) is 0 Å². The molecule has 2 heterocycles. The summed E-state index contributed by atoms with van der Waals surface area (Å²) in [5.41, 5.74) is 4.53. The van der Waals surface area contributed by atoms with Crippen LogP contribution in [0.5, 0.6) is 11.5 Å². The Bertz CT molecular complexity index is 1330. The van der Waals surface area contributed by atoms with Crippen LogP contribution < -0.4 is 14.7 Å². The van der Waals surface area contributed by atoms with Gasteiger partial charge in [0.25, 0.3) is 0 Å². The maximum absolute atomic E-state index is 5.32. The molecule has 0 aliphatic carbocycles. The van der Waals surface area contributed by atoms with Gasteiger partial charge in [-0.3, -0.25) is 0 Å². The molecule has 0 unspecified atom stereocenters. The summed E-state index contributed by atoms with van der Waals surface area (Å²) in [6, 6.07) is 18.6. The van der Waals surface area contributed by atoms with Crippen LogP contribution in [0.2, 0.25) is 0 Å². The van der Waals surface area contributed by atoms with Crippen LogP contribution in [-0.4, -0.2) is 34.4 Å². The molecule has 3 aromatic carbocycles. The Balaban J connectivity index is 0.000000188. The number of hydrogen-bond donors (Lipinski definition) is 0. The zero-order chi connectivity index (χ0) is 26.2. The summed E-state index contributed by atoms with van der Waals surface area (Å²) in [6.07, 6.45) is 2.16. The number of benzene rings is 3. The van der Waals surface area contributed by atoms with Crippen molar-refractivity contribution in [2.24, 2.45) is 0 Å². The fourth-order valence-electron chi connectivity index (χ4n) is 3.57. The van der Waals surface area contributed by atoms with E-state index in [1.165, 1.54) is 15.0 Å². The molecule has 2 aromatic heterocycles. The van der Waals surface area contributed by atoms with Crippen LogP contribution in [0, 0.1) is 6.92 Å². The van der Waals surface area contributed by atoms with Gasteiger partial charge in [0.1, 0.15) is 0 Å². The first-order chi connectivity index (χ1) is 18.0. The SMILES string of the molecule is CCCc1cc(OC)c(OC)c(C)c1[Si].c1ccc2sc(SSSSc3nc4ccccc4s3)nc2c1. The first kappa shape index (κ1) is 28.7. The van der Waals surface area contributed by atoms with Crippen LogP contribution >= 0.6 is 63.9 Å². The Morgan fingerprint density at radius 1 is 0.838 bits per heavy atom. The van der Waals surface area contributed by atoms with E-state index in [0.717, 1.165) is 54.8 Å². The Labute approximate surface area is 244 Å². The quantitative estimate of drug-likeness (QED) is 0.0924. The maximum Gasteiger partial charge on any atom is 0.163 e. The van der Waals surface area contributed by atoms with Crippen molar-refractivity contribution < 1.29 is 9.47 Å². The Hall–Kier alpha value is -1.34. The molecule has 5 aromatic rings. The lowest BCUT2D eigenvalue weighted by molar-refractivity contribution is 0.353. The van der Waals surface area contributed by atoms with E-state index in [0.29, 0.717) is 0 Å². The van der Waals surface area contributed by atoms with Gasteiger partial charge in [0.05, 0.1) is 44.9 Å². The second kappa shape index (κ2) is 14.2. The fourth-order valence-corrected chi connectivity index (χ4v) is 12.4. The van der Waals surface area contributed by atoms with Crippen molar-refractivity contribution in [3.8, 4) is 11.5 Å². The number of hydrogen-bond acceptors (Lipinski definition) is 10. The molecule has 0 fully saturated rings. The standard InChI is InChI=1S/C14H8N2S6.C12H17O2Si/c1-3-7-11-9(5-1)15-13(17-11)19-21-22-20-14-16-10-6-2-4-8-12(10)18-14;1-5-6-9-7-10(13-3)11(14-4)8(2)12(9)15/h1-8H;7H,5-6H2,1-4H3. The third kappa shape index (κ3) is 7.40. The molecule has 0 spiro atoms. The molecule has 11 heteroatoms. The average Bonchev–Trinajstić information content (AvgIpc) is 3.53. The lowest BCUT2D eigenvalue weighted by atomic mass is 10.1. The van der Waals surface area contributed by atoms with Gasteiger partial charge in [0.2, 0.25) is 0 Å². The van der Waals surface area contributed by atoms with Crippen molar-refractivity contribution in [1.29, 1.82) is 0 Å². The average molecular weight is 618 g/mol. The molecule has 0 aliphatic rings. The first-order valence-corrected chi connectivity index (χ1v) is 18.3. The monoisotopic (exact) mass is 617 g/mol. The molecule has 0 atom stereocenters. The number of rotatable bonds is 9. The Morgan fingerprint density at radius 3 is 1.84 bits per heavy atom. The highest BCUT2D eigenvalue weighted by atomic mass is 33.7. The number of thiazole rings is 2. The topological polar surface area (TPSA) is 44.2 Å². The lowest BCUT2D eigenvalue weighted by Gasteiger charge is -2.16. The summed E-state index contributed by atoms with van der Waals surface area (Å²) < 4.78 is 15.3. The van der Waals surface area contributed by atoms with E-state index in [-0.39, 0.29) is 0 Å². The van der Waals surface area contributed by atoms with Gasteiger partial charge in [-0.1, -0.05) is 42.8 Å². The smallest absolute Gasteiger partial charge is 0.163 e. The zero-order valence-corrected chi connectivity index (χ0v) is 26.7. The minimum atomic E-state index is 0.806. The van der Waals surface area contributed by atoms with Crippen molar-refractivity contribution in [2.75, 3.05) is 14.2 Å². The van der Waals surface area contributed by atoms with Gasteiger partial charge in [0.15, 0.2) is 20.2 Å². The molecule has 0 bridgehead atoms.